The first kappa shape index (κ1) is 22.3. The summed E-state index contributed by atoms with van der Waals surface area (Å²) in [4.78, 5) is 26.5. The lowest BCUT2D eigenvalue weighted by molar-refractivity contribution is -0.183. The van der Waals surface area contributed by atoms with E-state index < -0.39 is 35.0 Å². The molecule has 1 atom stereocenters. The van der Waals surface area contributed by atoms with E-state index in [1.165, 1.54) is 7.11 Å². The molecule has 0 aromatic heterocycles. The Kier molecular flexibility index (Phi) is 5.73. The van der Waals surface area contributed by atoms with Crippen LogP contribution in [-0.2, 0) is 9.47 Å². The van der Waals surface area contributed by atoms with E-state index in [1.54, 1.807) is 50.9 Å². The second-order valence-electron chi connectivity index (χ2n) is 9.40. The summed E-state index contributed by atoms with van der Waals surface area (Å²) in [7, 11) is 2.99. The zero-order chi connectivity index (χ0) is 22.3. The Bertz CT molecular complexity index is 827. The fourth-order valence-electron chi connectivity index (χ4n) is 4.60. The molecule has 166 valence electrons. The zero-order valence-electron chi connectivity index (χ0n) is 18.2. The molecule has 1 saturated heterocycles. The first-order valence-corrected chi connectivity index (χ1v) is 10.2. The highest BCUT2D eigenvalue weighted by atomic mass is 19.3. The minimum absolute atomic E-state index is 0.155. The number of benzene rings is 1. The smallest absolute Gasteiger partial charge is 0.410 e. The van der Waals surface area contributed by atoms with Crippen LogP contribution >= 0.6 is 0 Å². The van der Waals surface area contributed by atoms with Gasteiger partial charge in [-0.15, -0.1) is 0 Å². The molecule has 8 heteroatoms. The van der Waals surface area contributed by atoms with E-state index in [0.29, 0.717) is 30.6 Å². The van der Waals surface area contributed by atoms with Gasteiger partial charge in [0, 0.05) is 32.1 Å². The number of esters is 1. The van der Waals surface area contributed by atoms with E-state index in [4.69, 9.17) is 9.47 Å². The predicted molar refractivity (Wildman–Crippen MR) is 109 cm³/mol. The van der Waals surface area contributed by atoms with E-state index >= 15 is 0 Å². The van der Waals surface area contributed by atoms with Gasteiger partial charge >= 0.3 is 12.1 Å². The molecule has 30 heavy (non-hydrogen) atoms. The van der Waals surface area contributed by atoms with Crippen molar-refractivity contribution in [2.75, 3.05) is 26.0 Å². The Morgan fingerprint density at radius 3 is 2.43 bits per heavy atom. The number of rotatable bonds is 3. The topological polar surface area (TPSA) is 67.9 Å². The quantitative estimate of drug-likeness (QED) is 0.692. The molecule has 2 aliphatic rings. The Balaban J connectivity index is 1.94. The number of amides is 1. The second kappa shape index (κ2) is 7.71. The number of carbonyl (C=O) groups is 2. The first-order valence-electron chi connectivity index (χ1n) is 10.2. The molecule has 1 saturated carbocycles. The molecule has 0 radical (unpaired) electrons. The maximum Gasteiger partial charge on any atom is 0.410 e. The molecule has 0 bridgehead atoms. The molecule has 2 fully saturated rings. The zero-order valence-corrected chi connectivity index (χ0v) is 18.2. The lowest BCUT2D eigenvalue weighted by atomic mass is 9.59. The number of ether oxygens (including phenoxy) is 2. The van der Waals surface area contributed by atoms with Crippen LogP contribution in [0.3, 0.4) is 0 Å². The number of nitrogens with one attached hydrogen (secondary N) is 1. The standard InChI is InChI=1S/C22H30F2N2O4/c1-20(2,3)30-19(28)26-9-8-21(12-22(23,24)13-21)11-17(26)14-6-7-15(18(27)29-5)16(10-14)25-4/h6-7,10,17,25H,8-9,11-13H2,1-5H3. The van der Waals surface area contributed by atoms with Crippen LogP contribution < -0.4 is 5.32 Å². The molecule has 3 rings (SSSR count). The van der Waals surface area contributed by atoms with Crippen LogP contribution in [0, 0.1) is 5.41 Å². The minimum atomic E-state index is -2.64. The van der Waals surface area contributed by atoms with Gasteiger partial charge in [0.25, 0.3) is 0 Å². The van der Waals surface area contributed by atoms with Crippen molar-refractivity contribution in [2.24, 2.45) is 5.41 Å². The van der Waals surface area contributed by atoms with Crippen LogP contribution in [0.25, 0.3) is 0 Å². The van der Waals surface area contributed by atoms with Gasteiger partial charge in [-0.05, 0) is 56.7 Å². The molecule has 1 aliphatic heterocycles. The summed E-state index contributed by atoms with van der Waals surface area (Å²) in [5.41, 5.74) is 0.557. The molecule has 1 aromatic rings. The number of hydrogen-bond acceptors (Lipinski definition) is 5. The molecule has 1 aliphatic carbocycles. The Morgan fingerprint density at radius 2 is 1.90 bits per heavy atom. The van der Waals surface area contributed by atoms with Crippen LogP contribution in [0.1, 0.15) is 68.4 Å². The molecule has 1 N–H and O–H groups in total. The molecule has 1 unspecified atom stereocenters. The van der Waals surface area contributed by atoms with Crippen LogP contribution in [-0.4, -0.2) is 49.2 Å². The van der Waals surface area contributed by atoms with Crippen molar-refractivity contribution in [3.63, 3.8) is 0 Å². The van der Waals surface area contributed by atoms with Gasteiger partial charge in [0.05, 0.1) is 18.7 Å². The average molecular weight is 424 g/mol. The number of anilines is 1. The Labute approximate surface area is 175 Å². The van der Waals surface area contributed by atoms with Gasteiger partial charge in [-0.3, -0.25) is 0 Å². The normalized spacial score (nSPS) is 22.2. The maximum atomic E-state index is 13.7. The number of alkyl halides is 2. The number of likely N-dealkylation sites (tertiary alicyclic amines) is 1. The SMILES string of the molecule is CNc1cc(C2CC3(CCN2C(=O)OC(C)(C)C)CC(F)(F)C3)ccc1C(=O)OC. The predicted octanol–water partition coefficient (Wildman–Crippen LogP) is 5.00. The van der Waals surface area contributed by atoms with E-state index in [0.717, 1.165) is 5.56 Å². The van der Waals surface area contributed by atoms with E-state index in [9.17, 15) is 18.4 Å². The van der Waals surface area contributed by atoms with E-state index in [2.05, 4.69) is 5.32 Å². The van der Waals surface area contributed by atoms with E-state index in [-0.39, 0.29) is 12.8 Å². The van der Waals surface area contributed by atoms with E-state index in [1.807, 2.05) is 0 Å². The summed E-state index contributed by atoms with van der Waals surface area (Å²) in [5.74, 6) is -3.11. The fraction of sp³-hybridized carbons (Fsp3) is 0.636. The Hall–Kier alpha value is -2.38. The lowest BCUT2D eigenvalue weighted by Gasteiger charge is -2.54. The van der Waals surface area contributed by atoms with Crippen molar-refractivity contribution in [3.8, 4) is 0 Å². The van der Waals surface area contributed by atoms with Crippen LogP contribution in [0.15, 0.2) is 18.2 Å². The number of nitrogens with zero attached hydrogens (tertiary/aromatic N) is 1. The second-order valence-corrected chi connectivity index (χ2v) is 9.40. The molecule has 1 amide bonds. The molecule has 1 spiro atoms. The fourth-order valence-corrected chi connectivity index (χ4v) is 4.60. The van der Waals surface area contributed by atoms with Crippen LogP contribution in [0.4, 0.5) is 19.3 Å². The lowest BCUT2D eigenvalue weighted by Crippen LogP contribution is -2.54. The molecule has 6 nitrogen and oxygen atoms in total. The summed E-state index contributed by atoms with van der Waals surface area (Å²) in [6.45, 7) is 5.73. The average Bonchev–Trinajstić information content (AvgIpc) is 2.63. The largest absolute Gasteiger partial charge is 0.465 e. The monoisotopic (exact) mass is 424 g/mol. The highest BCUT2D eigenvalue weighted by Gasteiger charge is 2.59. The van der Waals surface area contributed by atoms with Crippen molar-refractivity contribution in [1.82, 2.24) is 4.90 Å². The summed E-state index contributed by atoms with van der Waals surface area (Å²) in [6, 6.07) is 4.76. The summed E-state index contributed by atoms with van der Waals surface area (Å²) >= 11 is 0. The van der Waals surface area contributed by atoms with Crippen molar-refractivity contribution in [1.29, 1.82) is 0 Å². The van der Waals surface area contributed by atoms with Gasteiger partial charge in [0.15, 0.2) is 0 Å². The number of halogens is 2. The van der Waals surface area contributed by atoms with Crippen molar-refractivity contribution >= 4 is 17.7 Å². The number of methoxy groups -OCH3 is 1. The van der Waals surface area contributed by atoms with Crippen molar-refractivity contribution in [2.45, 2.75) is 64.0 Å². The third-order valence-electron chi connectivity index (χ3n) is 5.88. The summed E-state index contributed by atoms with van der Waals surface area (Å²) in [6.07, 6.45) is 0.187. The van der Waals surface area contributed by atoms with Gasteiger partial charge in [0.1, 0.15) is 5.60 Å². The van der Waals surface area contributed by atoms with Crippen molar-refractivity contribution in [3.05, 3.63) is 29.3 Å². The van der Waals surface area contributed by atoms with Crippen LogP contribution in [0.5, 0.6) is 0 Å². The molecule has 1 heterocycles. The summed E-state index contributed by atoms with van der Waals surface area (Å²) < 4.78 is 37.8. The van der Waals surface area contributed by atoms with Gasteiger partial charge in [-0.1, -0.05) is 6.07 Å². The number of carbonyl (C=O) groups excluding carboxylic acids is 2. The summed E-state index contributed by atoms with van der Waals surface area (Å²) in [5, 5.41) is 2.98. The van der Waals surface area contributed by atoms with Gasteiger partial charge in [-0.2, -0.15) is 0 Å². The molecule has 1 aromatic carbocycles. The number of piperidine rings is 1. The number of hydrogen-bond donors (Lipinski definition) is 1. The molecular weight excluding hydrogens is 394 g/mol. The van der Waals surface area contributed by atoms with Gasteiger partial charge in [-0.25, -0.2) is 18.4 Å². The van der Waals surface area contributed by atoms with Crippen molar-refractivity contribution < 1.29 is 27.8 Å². The van der Waals surface area contributed by atoms with Crippen LogP contribution in [0.2, 0.25) is 0 Å². The third kappa shape index (κ3) is 4.52. The highest BCUT2D eigenvalue weighted by molar-refractivity contribution is 5.95. The minimum Gasteiger partial charge on any atom is -0.465 e. The first-order chi connectivity index (χ1) is 13.9. The van der Waals surface area contributed by atoms with Gasteiger partial charge in [0.2, 0.25) is 5.92 Å². The van der Waals surface area contributed by atoms with Gasteiger partial charge < -0.3 is 19.7 Å². The third-order valence-corrected chi connectivity index (χ3v) is 5.88. The maximum absolute atomic E-state index is 13.7. The Morgan fingerprint density at radius 1 is 1.23 bits per heavy atom. The highest BCUT2D eigenvalue weighted by Crippen LogP contribution is 2.60. The molecular formula is C22H30F2N2O4.